The summed E-state index contributed by atoms with van der Waals surface area (Å²) in [5.41, 5.74) is 0. The average molecular weight is 246 g/mol. The van der Waals surface area contributed by atoms with Crippen LogP contribution in [0.4, 0.5) is 5.82 Å². The van der Waals surface area contributed by atoms with Gasteiger partial charge >= 0.3 is 0 Å². The van der Waals surface area contributed by atoms with E-state index >= 15 is 0 Å². The molecular formula is C10H16ClN3S. The first-order chi connectivity index (χ1) is 7.33. The molecule has 3 nitrogen and oxygen atoms in total. The third-order valence-corrected chi connectivity index (χ3v) is 2.87. The van der Waals surface area contributed by atoms with Crippen LogP contribution in [0.25, 0.3) is 0 Å². The Hall–Kier alpha value is -0.480. The van der Waals surface area contributed by atoms with Gasteiger partial charge in [-0.05, 0) is 24.9 Å². The highest BCUT2D eigenvalue weighted by Crippen LogP contribution is 2.09. The minimum absolute atomic E-state index is 0.481. The largest absolute Gasteiger partial charge is 0.370 e. The minimum Gasteiger partial charge on any atom is -0.370 e. The second kappa shape index (κ2) is 7.77. The number of nitrogens with zero attached hydrogens (tertiary/aromatic N) is 2. The van der Waals surface area contributed by atoms with E-state index in [1.165, 1.54) is 31.3 Å². The highest BCUT2D eigenvalue weighted by Gasteiger charge is 1.95. The van der Waals surface area contributed by atoms with Crippen molar-refractivity contribution in [3.8, 4) is 0 Å². The summed E-state index contributed by atoms with van der Waals surface area (Å²) < 4.78 is 0. The molecule has 1 aromatic heterocycles. The molecule has 0 unspecified atom stereocenters. The second-order valence-corrected chi connectivity index (χ2v) is 4.58. The first-order valence-corrected chi connectivity index (χ1v) is 6.80. The van der Waals surface area contributed by atoms with Gasteiger partial charge in [0.05, 0.1) is 0 Å². The molecule has 0 bridgehead atoms. The smallest absolute Gasteiger partial charge is 0.134 e. The molecule has 0 spiro atoms. The summed E-state index contributed by atoms with van der Waals surface area (Å²) in [5, 5.41) is 3.70. The first-order valence-electron chi connectivity index (χ1n) is 5.03. The van der Waals surface area contributed by atoms with Crippen molar-refractivity contribution in [2.75, 3.05) is 23.9 Å². The number of nitrogens with one attached hydrogen (secondary N) is 1. The van der Waals surface area contributed by atoms with Gasteiger partial charge in [0.1, 0.15) is 17.3 Å². The maximum absolute atomic E-state index is 5.73. The van der Waals surface area contributed by atoms with Crippen LogP contribution in [0, 0.1) is 0 Å². The maximum atomic E-state index is 5.73. The molecule has 5 heteroatoms. The molecule has 1 heterocycles. The Bertz CT molecular complexity index is 283. The first kappa shape index (κ1) is 12.6. The van der Waals surface area contributed by atoms with Crippen LogP contribution in [0.5, 0.6) is 0 Å². The number of hydrogen-bond donors (Lipinski definition) is 1. The van der Waals surface area contributed by atoms with E-state index in [0.29, 0.717) is 5.15 Å². The molecule has 0 saturated heterocycles. The summed E-state index contributed by atoms with van der Waals surface area (Å²) in [6.07, 6.45) is 7.32. The zero-order chi connectivity index (χ0) is 10.9. The number of rotatable bonds is 7. The van der Waals surface area contributed by atoms with Gasteiger partial charge < -0.3 is 5.32 Å². The number of hydrogen-bond acceptors (Lipinski definition) is 4. The zero-order valence-electron chi connectivity index (χ0n) is 8.87. The van der Waals surface area contributed by atoms with Crippen molar-refractivity contribution in [3.63, 3.8) is 0 Å². The molecule has 1 aromatic rings. The third kappa shape index (κ3) is 5.85. The minimum atomic E-state index is 0.481. The van der Waals surface area contributed by atoms with Gasteiger partial charge in [0.25, 0.3) is 0 Å². The summed E-state index contributed by atoms with van der Waals surface area (Å²) in [5.74, 6) is 2.05. The SMILES string of the molecule is CSCCCCCNc1cc(Cl)ncn1. The average Bonchev–Trinajstić information content (AvgIpc) is 2.23. The van der Waals surface area contributed by atoms with Crippen molar-refractivity contribution < 1.29 is 0 Å². The summed E-state index contributed by atoms with van der Waals surface area (Å²) in [7, 11) is 0. The van der Waals surface area contributed by atoms with Crippen LogP contribution in [-0.4, -0.2) is 28.5 Å². The molecule has 1 N–H and O–H groups in total. The summed E-state index contributed by atoms with van der Waals surface area (Å²) in [4.78, 5) is 7.88. The molecule has 0 aromatic carbocycles. The molecule has 0 amide bonds. The van der Waals surface area contributed by atoms with E-state index < -0.39 is 0 Å². The van der Waals surface area contributed by atoms with Crippen molar-refractivity contribution in [2.45, 2.75) is 19.3 Å². The highest BCUT2D eigenvalue weighted by atomic mass is 35.5. The molecular weight excluding hydrogens is 230 g/mol. The van der Waals surface area contributed by atoms with Crippen molar-refractivity contribution in [2.24, 2.45) is 0 Å². The normalized spacial score (nSPS) is 10.3. The Morgan fingerprint density at radius 2 is 2.20 bits per heavy atom. The number of anilines is 1. The standard InChI is InChI=1S/C10H16ClN3S/c1-15-6-4-2-3-5-12-10-7-9(11)13-8-14-10/h7-8H,2-6H2,1H3,(H,12,13,14). The fourth-order valence-corrected chi connectivity index (χ4v) is 1.83. The number of thioether (sulfide) groups is 1. The van der Waals surface area contributed by atoms with Gasteiger partial charge in [-0.3, -0.25) is 0 Å². The number of halogens is 1. The Kier molecular flexibility index (Phi) is 6.52. The van der Waals surface area contributed by atoms with Crippen LogP contribution in [0.3, 0.4) is 0 Å². The number of unbranched alkanes of at least 4 members (excludes halogenated alkanes) is 2. The molecule has 15 heavy (non-hydrogen) atoms. The fourth-order valence-electron chi connectivity index (χ4n) is 1.19. The molecule has 1 rings (SSSR count). The zero-order valence-corrected chi connectivity index (χ0v) is 10.4. The molecule has 0 saturated carbocycles. The number of aromatic nitrogens is 2. The van der Waals surface area contributed by atoms with Crippen LogP contribution in [0.15, 0.2) is 12.4 Å². The maximum Gasteiger partial charge on any atom is 0.134 e. The summed E-state index contributed by atoms with van der Waals surface area (Å²) >= 11 is 7.63. The van der Waals surface area contributed by atoms with E-state index in [0.717, 1.165) is 12.4 Å². The van der Waals surface area contributed by atoms with Gasteiger partial charge in [0.15, 0.2) is 0 Å². The van der Waals surface area contributed by atoms with Crippen molar-refractivity contribution in [1.82, 2.24) is 9.97 Å². The Morgan fingerprint density at radius 3 is 2.93 bits per heavy atom. The van der Waals surface area contributed by atoms with Crippen molar-refractivity contribution in [3.05, 3.63) is 17.5 Å². The van der Waals surface area contributed by atoms with Gasteiger partial charge in [-0.1, -0.05) is 18.0 Å². The quantitative estimate of drug-likeness (QED) is 0.592. The third-order valence-electron chi connectivity index (χ3n) is 1.97. The van der Waals surface area contributed by atoms with E-state index in [-0.39, 0.29) is 0 Å². The van der Waals surface area contributed by atoms with Crippen LogP contribution in [0.2, 0.25) is 5.15 Å². The van der Waals surface area contributed by atoms with Crippen LogP contribution in [-0.2, 0) is 0 Å². The molecule has 0 atom stereocenters. The van der Waals surface area contributed by atoms with E-state index in [2.05, 4.69) is 21.5 Å². The molecule has 0 fully saturated rings. The summed E-state index contributed by atoms with van der Waals surface area (Å²) in [6, 6.07) is 1.74. The lowest BCUT2D eigenvalue weighted by molar-refractivity contribution is 0.748. The molecule has 0 aliphatic heterocycles. The molecule has 0 aliphatic carbocycles. The van der Waals surface area contributed by atoms with Crippen LogP contribution >= 0.6 is 23.4 Å². The van der Waals surface area contributed by atoms with E-state index in [1.807, 2.05) is 11.8 Å². The van der Waals surface area contributed by atoms with Crippen LogP contribution in [0.1, 0.15) is 19.3 Å². The van der Waals surface area contributed by atoms with Crippen LogP contribution < -0.4 is 5.32 Å². The Balaban J connectivity index is 2.10. The van der Waals surface area contributed by atoms with Gasteiger partial charge in [-0.25, -0.2) is 9.97 Å². The van der Waals surface area contributed by atoms with E-state index in [9.17, 15) is 0 Å². The van der Waals surface area contributed by atoms with Crippen molar-refractivity contribution >= 4 is 29.2 Å². The lowest BCUT2D eigenvalue weighted by Gasteiger charge is -2.04. The molecule has 84 valence electrons. The highest BCUT2D eigenvalue weighted by molar-refractivity contribution is 7.98. The molecule has 0 radical (unpaired) electrons. The predicted octanol–water partition coefficient (Wildman–Crippen LogP) is 3.08. The van der Waals surface area contributed by atoms with Crippen molar-refractivity contribution in [1.29, 1.82) is 0 Å². The molecule has 0 aliphatic rings. The van der Waals surface area contributed by atoms with Gasteiger partial charge in [-0.2, -0.15) is 11.8 Å². The monoisotopic (exact) mass is 245 g/mol. The van der Waals surface area contributed by atoms with Gasteiger partial charge in [-0.15, -0.1) is 0 Å². The predicted molar refractivity (Wildman–Crippen MR) is 67.8 cm³/mol. The van der Waals surface area contributed by atoms with E-state index in [4.69, 9.17) is 11.6 Å². The lowest BCUT2D eigenvalue weighted by atomic mass is 10.2. The Labute approximate surface area is 100 Å². The van der Waals surface area contributed by atoms with E-state index in [1.54, 1.807) is 6.07 Å². The van der Waals surface area contributed by atoms with Gasteiger partial charge in [0.2, 0.25) is 0 Å². The topological polar surface area (TPSA) is 37.8 Å². The summed E-state index contributed by atoms with van der Waals surface area (Å²) in [6.45, 7) is 0.946. The Morgan fingerprint density at radius 1 is 1.33 bits per heavy atom. The second-order valence-electron chi connectivity index (χ2n) is 3.21. The fraction of sp³-hybridized carbons (Fsp3) is 0.600. The van der Waals surface area contributed by atoms with Gasteiger partial charge in [0, 0.05) is 12.6 Å². The lowest BCUT2D eigenvalue weighted by Crippen LogP contribution is -2.03.